The summed E-state index contributed by atoms with van der Waals surface area (Å²) in [7, 11) is 0. The lowest BCUT2D eigenvalue weighted by Crippen LogP contribution is -1.95. The zero-order valence-corrected chi connectivity index (χ0v) is 9.40. The van der Waals surface area contributed by atoms with Crippen molar-refractivity contribution in [1.29, 1.82) is 0 Å². The van der Waals surface area contributed by atoms with Crippen LogP contribution in [0.1, 0.15) is 37.6 Å². The second-order valence-electron chi connectivity index (χ2n) is 2.87. The van der Waals surface area contributed by atoms with E-state index in [0.717, 1.165) is 5.52 Å². The van der Waals surface area contributed by atoms with Crippen molar-refractivity contribution < 1.29 is 4.79 Å². The molecule has 0 aliphatic carbocycles. The van der Waals surface area contributed by atoms with Gasteiger partial charge in [0.25, 0.3) is 0 Å². The third-order valence-electron chi connectivity index (χ3n) is 2.05. The second-order valence-corrected chi connectivity index (χ2v) is 2.87. The molecule has 0 unspecified atom stereocenters. The normalized spacial score (nSPS) is 9.53. The van der Waals surface area contributed by atoms with Gasteiger partial charge in [-0.25, -0.2) is 4.52 Å². The Labute approximate surface area is 89.7 Å². The highest BCUT2D eigenvalue weighted by atomic mass is 16.1. The molecule has 3 nitrogen and oxygen atoms in total. The minimum atomic E-state index is 0.140. The van der Waals surface area contributed by atoms with Crippen LogP contribution in [0.4, 0.5) is 0 Å². The van der Waals surface area contributed by atoms with Crippen molar-refractivity contribution in [3.05, 3.63) is 36.2 Å². The molecule has 2 aromatic heterocycles. The number of Topliss-reactive ketones (excluding diaryl/α,β-unsaturated/α-hetero) is 1. The van der Waals surface area contributed by atoms with Crippen molar-refractivity contribution in [3.8, 4) is 0 Å². The van der Waals surface area contributed by atoms with Crippen molar-refractivity contribution in [2.45, 2.75) is 27.2 Å². The Morgan fingerprint density at radius 1 is 1.40 bits per heavy atom. The van der Waals surface area contributed by atoms with Gasteiger partial charge in [-0.2, -0.15) is 5.10 Å². The van der Waals surface area contributed by atoms with Gasteiger partial charge in [-0.05, 0) is 12.1 Å². The molecule has 80 valence electrons. The molecule has 0 bridgehead atoms. The Hall–Kier alpha value is -1.64. The van der Waals surface area contributed by atoms with Gasteiger partial charge in [-0.15, -0.1) is 0 Å². The lowest BCUT2D eigenvalue weighted by atomic mass is 10.1. The van der Waals surface area contributed by atoms with Crippen molar-refractivity contribution in [2.24, 2.45) is 0 Å². The summed E-state index contributed by atoms with van der Waals surface area (Å²) in [4.78, 5) is 11.4. The largest absolute Gasteiger partial charge is 0.294 e. The van der Waals surface area contributed by atoms with Crippen LogP contribution in [0.2, 0.25) is 0 Å². The molecule has 0 amide bonds. The summed E-state index contributed by atoms with van der Waals surface area (Å²) >= 11 is 0. The second kappa shape index (κ2) is 5.29. The lowest BCUT2D eigenvalue weighted by Gasteiger charge is -1.94. The molecule has 0 fully saturated rings. The summed E-state index contributed by atoms with van der Waals surface area (Å²) in [5, 5.41) is 4.08. The number of carbonyl (C=O) groups excluding carboxylic acids is 1. The molecule has 0 spiro atoms. The molecule has 2 rings (SSSR count). The van der Waals surface area contributed by atoms with E-state index in [9.17, 15) is 4.79 Å². The number of aromatic nitrogens is 2. The number of carbonyl (C=O) groups is 1. The Morgan fingerprint density at radius 3 is 2.80 bits per heavy atom. The zero-order chi connectivity index (χ0) is 11.3. The Balaban J connectivity index is 0.000000531. The van der Waals surface area contributed by atoms with Crippen LogP contribution >= 0.6 is 0 Å². The smallest absolute Gasteiger partial charge is 0.166 e. The van der Waals surface area contributed by atoms with E-state index in [1.165, 1.54) is 0 Å². The molecular formula is C12H16N2O. The van der Waals surface area contributed by atoms with Gasteiger partial charge in [-0.3, -0.25) is 4.79 Å². The molecule has 0 radical (unpaired) electrons. The number of hydrogen-bond acceptors (Lipinski definition) is 2. The summed E-state index contributed by atoms with van der Waals surface area (Å²) in [6, 6.07) is 5.69. The van der Waals surface area contributed by atoms with E-state index in [4.69, 9.17) is 0 Å². The summed E-state index contributed by atoms with van der Waals surface area (Å²) in [6.45, 7) is 5.86. The van der Waals surface area contributed by atoms with Crippen LogP contribution in [-0.4, -0.2) is 15.4 Å². The number of hydrogen-bond donors (Lipinski definition) is 0. The first-order chi connectivity index (χ1) is 7.33. The minimum Gasteiger partial charge on any atom is -0.294 e. The number of fused-ring (bicyclic) bond motifs is 1. The quantitative estimate of drug-likeness (QED) is 0.705. The van der Waals surface area contributed by atoms with Crippen LogP contribution in [0.3, 0.4) is 0 Å². The van der Waals surface area contributed by atoms with E-state index in [2.05, 4.69) is 5.10 Å². The summed E-state index contributed by atoms with van der Waals surface area (Å²) in [6.07, 6.45) is 3.99. The fraction of sp³-hybridized carbons (Fsp3) is 0.333. The molecule has 2 heterocycles. The number of nitrogens with zero attached hydrogens (tertiary/aromatic N) is 2. The van der Waals surface area contributed by atoms with Crippen LogP contribution in [-0.2, 0) is 0 Å². The van der Waals surface area contributed by atoms with Crippen molar-refractivity contribution in [3.63, 3.8) is 0 Å². The van der Waals surface area contributed by atoms with E-state index in [-0.39, 0.29) is 5.78 Å². The van der Waals surface area contributed by atoms with Gasteiger partial charge in [0.1, 0.15) is 0 Å². The van der Waals surface area contributed by atoms with Crippen molar-refractivity contribution >= 4 is 11.3 Å². The summed E-state index contributed by atoms with van der Waals surface area (Å²) in [5.41, 5.74) is 1.59. The summed E-state index contributed by atoms with van der Waals surface area (Å²) < 4.78 is 1.71. The van der Waals surface area contributed by atoms with Crippen LogP contribution in [0.5, 0.6) is 0 Å². The van der Waals surface area contributed by atoms with Crippen LogP contribution in [0, 0.1) is 0 Å². The highest BCUT2D eigenvalue weighted by Crippen LogP contribution is 2.11. The van der Waals surface area contributed by atoms with Crippen molar-refractivity contribution in [1.82, 2.24) is 9.61 Å². The fourth-order valence-electron chi connectivity index (χ4n) is 1.34. The Bertz CT molecular complexity index is 446. The predicted molar refractivity (Wildman–Crippen MR) is 61.2 cm³/mol. The maximum absolute atomic E-state index is 11.4. The van der Waals surface area contributed by atoms with E-state index in [1.54, 1.807) is 10.7 Å². The molecule has 0 saturated heterocycles. The average Bonchev–Trinajstić information content (AvgIpc) is 2.74. The van der Waals surface area contributed by atoms with Crippen LogP contribution in [0.25, 0.3) is 5.52 Å². The molecule has 0 aromatic carbocycles. The van der Waals surface area contributed by atoms with Gasteiger partial charge in [0.15, 0.2) is 5.78 Å². The van der Waals surface area contributed by atoms with Gasteiger partial charge in [-0.1, -0.05) is 26.8 Å². The molecule has 2 aromatic rings. The summed E-state index contributed by atoms with van der Waals surface area (Å²) in [5.74, 6) is 0.140. The SMILES string of the molecule is CC.CCC(=O)c1cnn2ccccc12. The average molecular weight is 204 g/mol. The van der Waals surface area contributed by atoms with Gasteiger partial charge in [0.2, 0.25) is 0 Å². The Kier molecular flexibility index (Phi) is 4.03. The zero-order valence-electron chi connectivity index (χ0n) is 9.40. The molecule has 0 aliphatic heterocycles. The van der Waals surface area contributed by atoms with Gasteiger partial charge < -0.3 is 0 Å². The molecular weight excluding hydrogens is 188 g/mol. The molecule has 0 atom stereocenters. The predicted octanol–water partition coefficient (Wildman–Crippen LogP) is 2.95. The lowest BCUT2D eigenvalue weighted by molar-refractivity contribution is 0.0989. The van der Waals surface area contributed by atoms with Crippen LogP contribution < -0.4 is 0 Å². The highest BCUT2D eigenvalue weighted by molar-refractivity contribution is 6.01. The maximum Gasteiger partial charge on any atom is 0.166 e. The first-order valence-corrected chi connectivity index (χ1v) is 5.28. The number of rotatable bonds is 2. The van der Waals surface area contributed by atoms with E-state index in [0.29, 0.717) is 12.0 Å². The van der Waals surface area contributed by atoms with Gasteiger partial charge in [0, 0.05) is 12.6 Å². The highest BCUT2D eigenvalue weighted by Gasteiger charge is 2.09. The van der Waals surface area contributed by atoms with Crippen LogP contribution in [0.15, 0.2) is 30.6 Å². The first-order valence-electron chi connectivity index (χ1n) is 5.28. The first kappa shape index (κ1) is 11.4. The van der Waals surface area contributed by atoms with Gasteiger partial charge >= 0.3 is 0 Å². The van der Waals surface area contributed by atoms with E-state index < -0.39 is 0 Å². The monoisotopic (exact) mass is 204 g/mol. The van der Waals surface area contributed by atoms with E-state index in [1.807, 2.05) is 45.2 Å². The standard InChI is InChI=1S/C10H10N2O.C2H6/c1-2-10(13)8-7-11-12-6-4-3-5-9(8)12;1-2/h3-7H,2H2,1H3;1-2H3. The fourth-order valence-corrected chi connectivity index (χ4v) is 1.34. The number of ketones is 1. The number of pyridine rings is 1. The Morgan fingerprint density at radius 2 is 2.13 bits per heavy atom. The third kappa shape index (κ3) is 2.24. The molecule has 0 aliphatic rings. The maximum atomic E-state index is 11.4. The molecule has 0 saturated carbocycles. The third-order valence-corrected chi connectivity index (χ3v) is 2.05. The molecule has 15 heavy (non-hydrogen) atoms. The van der Waals surface area contributed by atoms with E-state index >= 15 is 0 Å². The van der Waals surface area contributed by atoms with Crippen molar-refractivity contribution in [2.75, 3.05) is 0 Å². The van der Waals surface area contributed by atoms with Gasteiger partial charge in [0.05, 0.1) is 17.3 Å². The minimum absolute atomic E-state index is 0.140. The molecule has 3 heteroatoms. The topological polar surface area (TPSA) is 34.4 Å². The molecule has 0 N–H and O–H groups in total.